The van der Waals surface area contributed by atoms with Crippen molar-refractivity contribution in [1.29, 1.82) is 0 Å². The largest absolute Gasteiger partial charge is 0.375 e. The Hall–Kier alpha value is -2.77. The quantitative estimate of drug-likeness (QED) is 0.633. The average molecular weight is 376 g/mol. The third-order valence-electron chi connectivity index (χ3n) is 3.72. The molecule has 0 spiro atoms. The average Bonchev–Trinajstić information content (AvgIpc) is 3.07. The number of hydrogen-bond donors (Lipinski definition) is 0. The summed E-state index contributed by atoms with van der Waals surface area (Å²) in [6, 6.07) is 10.4. The summed E-state index contributed by atoms with van der Waals surface area (Å²) in [5.41, 5.74) is 0.294. The second-order valence-corrected chi connectivity index (χ2v) is 6.62. The molecule has 1 aliphatic rings. The van der Waals surface area contributed by atoms with E-state index < -0.39 is 23.6 Å². The van der Waals surface area contributed by atoms with Gasteiger partial charge in [-0.25, -0.2) is 9.18 Å². The number of carbonyl (C=O) groups excluding carboxylic acids is 3. The van der Waals surface area contributed by atoms with Gasteiger partial charge in [0.1, 0.15) is 10.7 Å². The molecular weight excluding hydrogens is 369 g/mol. The number of amides is 2. The molecule has 0 saturated heterocycles. The van der Waals surface area contributed by atoms with Crippen molar-refractivity contribution in [3.8, 4) is 0 Å². The van der Waals surface area contributed by atoms with Crippen molar-refractivity contribution in [3.05, 3.63) is 69.3 Å². The molecule has 0 radical (unpaired) electrons. The van der Waals surface area contributed by atoms with E-state index in [0.29, 0.717) is 9.76 Å². The molecule has 25 heavy (non-hydrogen) atoms. The highest BCUT2D eigenvalue weighted by atomic mass is 35.5. The van der Waals surface area contributed by atoms with Crippen LogP contribution in [0.15, 0.2) is 42.5 Å². The summed E-state index contributed by atoms with van der Waals surface area (Å²) in [5.74, 6) is -3.05. The van der Waals surface area contributed by atoms with E-state index in [9.17, 15) is 18.8 Å². The lowest BCUT2D eigenvalue weighted by atomic mass is 10.1. The van der Waals surface area contributed by atoms with Gasteiger partial charge in [-0.1, -0.05) is 34.9 Å². The van der Waals surface area contributed by atoms with Crippen molar-refractivity contribution in [2.24, 2.45) is 0 Å². The van der Waals surface area contributed by atoms with Crippen molar-refractivity contribution >= 4 is 50.8 Å². The molecule has 0 atom stereocenters. The molecule has 0 aliphatic carbocycles. The first-order valence-corrected chi connectivity index (χ1v) is 8.25. The number of hydroxylamine groups is 2. The van der Waals surface area contributed by atoms with Crippen LogP contribution in [-0.4, -0.2) is 22.8 Å². The first-order chi connectivity index (χ1) is 12.0. The Labute approximate surface area is 149 Å². The molecule has 0 unspecified atom stereocenters. The van der Waals surface area contributed by atoms with Crippen LogP contribution in [0.2, 0.25) is 5.02 Å². The summed E-state index contributed by atoms with van der Waals surface area (Å²) in [6.45, 7) is 0. The van der Waals surface area contributed by atoms with E-state index in [0.717, 1.165) is 11.3 Å². The van der Waals surface area contributed by atoms with Crippen LogP contribution in [0, 0.1) is 5.82 Å². The minimum Gasteiger partial charge on any atom is -0.323 e. The van der Waals surface area contributed by atoms with Gasteiger partial charge in [-0.15, -0.1) is 11.3 Å². The fraction of sp³-hybridized carbons (Fsp3) is 0. The van der Waals surface area contributed by atoms with Gasteiger partial charge in [0.2, 0.25) is 0 Å². The number of carbonyl (C=O) groups is 3. The molecule has 0 saturated carbocycles. The van der Waals surface area contributed by atoms with Crippen molar-refractivity contribution in [2.45, 2.75) is 0 Å². The van der Waals surface area contributed by atoms with Crippen LogP contribution in [-0.2, 0) is 4.84 Å². The molecule has 3 aromatic rings. The number of nitrogens with zero attached hydrogens (tertiary/aromatic N) is 1. The van der Waals surface area contributed by atoms with Crippen LogP contribution in [0.5, 0.6) is 0 Å². The zero-order valence-electron chi connectivity index (χ0n) is 12.3. The van der Waals surface area contributed by atoms with Gasteiger partial charge in [0, 0.05) is 10.1 Å². The van der Waals surface area contributed by atoms with Gasteiger partial charge in [0.05, 0.1) is 16.1 Å². The zero-order chi connectivity index (χ0) is 17.7. The maximum absolute atomic E-state index is 13.9. The number of fused-ring (bicyclic) bond motifs is 2. The molecule has 2 amide bonds. The number of halogens is 2. The number of rotatable bonds is 2. The molecule has 0 bridgehead atoms. The van der Waals surface area contributed by atoms with Crippen LogP contribution in [0.3, 0.4) is 0 Å². The molecule has 1 aromatic heterocycles. The molecule has 2 heterocycles. The standard InChI is InChI=1S/C17H7ClFNO4S/c18-13-12-10(19)6-3-7-11(12)25-14(13)17(23)24-20-15(21)8-4-1-2-5-9(8)16(20)22/h1-7H. The zero-order valence-corrected chi connectivity index (χ0v) is 13.9. The van der Waals surface area contributed by atoms with Crippen LogP contribution >= 0.6 is 22.9 Å². The van der Waals surface area contributed by atoms with E-state index in [1.54, 1.807) is 18.2 Å². The molecule has 0 fully saturated rings. The lowest BCUT2D eigenvalue weighted by molar-refractivity contribution is -0.0581. The van der Waals surface area contributed by atoms with Crippen molar-refractivity contribution in [3.63, 3.8) is 0 Å². The summed E-state index contributed by atoms with van der Waals surface area (Å²) in [6.07, 6.45) is 0. The summed E-state index contributed by atoms with van der Waals surface area (Å²) < 4.78 is 14.3. The molecule has 2 aromatic carbocycles. The number of benzene rings is 2. The Morgan fingerprint density at radius 1 is 1.04 bits per heavy atom. The molecular formula is C17H7ClFNO4S. The Bertz CT molecular complexity index is 1040. The predicted octanol–water partition coefficient (Wildman–Crippen LogP) is 4.06. The second kappa shape index (κ2) is 5.65. The van der Waals surface area contributed by atoms with Gasteiger partial charge in [-0.2, -0.15) is 0 Å². The topological polar surface area (TPSA) is 63.7 Å². The first kappa shape index (κ1) is 15.7. The lowest BCUT2D eigenvalue weighted by Gasteiger charge is -2.11. The highest BCUT2D eigenvalue weighted by molar-refractivity contribution is 7.21. The summed E-state index contributed by atoms with van der Waals surface area (Å²) in [4.78, 5) is 41.7. The Balaban J connectivity index is 1.68. The first-order valence-electron chi connectivity index (χ1n) is 7.05. The summed E-state index contributed by atoms with van der Waals surface area (Å²) in [7, 11) is 0. The molecule has 5 nitrogen and oxygen atoms in total. The monoisotopic (exact) mass is 375 g/mol. The van der Waals surface area contributed by atoms with Gasteiger partial charge >= 0.3 is 5.97 Å². The minimum absolute atomic E-state index is 0.0849. The molecule has 124 valence electrons. The second-order valence-electron chi connectivity index (χ2n) is 5.19. The highest BCUT2D eigenvalue weighted by Crippen LogP contribution is 2.37. The third-order valence-corrected chi connectivity index (χ3v) is 5.35. The maximum atomic E-state index is 13.9. The van der Waals surface area contributed by atoms with Crippen LogP contribution in [0.4, 0.5) is 4.39 Å². The Morgan fingerprint density at radius 2 is 1.68 bits per heavy atom. The molecule has 8 heteroatoms. The van der Waals surface area contributed by atoms with E-state index >= 15 is 0 Å². The number of hydrogen-bond acceptors (Lipinski definition) is 5. The van der Waals surface area contributed by atoms with Crippen molar-refractivity contribution in [1.82, 2.24) is 5.06 Å². The SMILES string of the molecule is O=C(ON1C(=O)c2ccccc2C1=O)c1sc2cccc(F)c2c1Cl. The Kier molecular flexibility index (Phi) is 3.55. The van der Waals surface area contributed by atoms with E-state index in [2.05, 4.69) is 0 Å². The summed E-state index contributed by atoms with van der Waals surface area (Å²) in [5, 5.41) is 0.382. The third kappa shape index (κ3) is 2.32. The number of imide groups is 1. The van der Waals surface area contributed by atoms with Crippen LogP contribution in [0.25, 0.3) is 10.1 Å². The predicted molar refractivity (Wildman–Crippen MR) is 89.2 cm³/mol. The Morgan fingerprint density at radius 3 is 2.28 bits per heavy atom. The van der Waals surface area contributed by atoms with Crippen molar-refractivity contribution in [2.75, 3.05) is 0 Å². The fourth-order valence-corrected chi connectivity index (χ4v) is 4.00. The van der Waals surface area contributed by atoms with E-state index in [4.69, 9.17) is 16.4 Å². The van der Waals surface area contributed by atoms with Crippen LogP contribution < -0.4 is 0 Å². The lowest BCUT2D eigenvalue weighted by Crippen LogP contribution is -2.32. The van der Waals surface area contributed by atoms with E-state index in [1.807, 2.05) is 0 Å². The molecule has 1 aliphatic heterocycles. The highest BCUT2D eigenvalue weighted by Gasteiger charge is 2.39. The summed E-state index contributed by atoms with van der Waals surface area (Å²) >= 11 is 7.01. The molecule has 4 rings (SSSR count). The van der Waals surface area contributed by atoms with Crippen molar-refractivity contribution < 1.29 is 23.6 Å². The van der Waals surface area contributed by atoms with Crippen LogP contribution in [0.1, 0.15) is 30.4 Å². The smallest absolute Gasteiger partial charge is 0.323 e. The van der Waals surface area contributed by atoms with E-state index in [-0.39, 0.29) is 26.4 Å². The minimum atomic E-state index is -1.000. The number of thiophene rings is 1. The van der Waals surface area contributed by atoms with Gasteiger partial charge in [-0.3, -0.25) is 9.59 Å². The maximum Gasteiger partial charge on any atom is 0.375 e. The van der Waals surface area contributed by atoms with Gasteiger partial charge in [0.25, 0.3) is 11.8 Å². The normalized spacial score (nSPS) is 13.4. The fourth-order valence-electron chi connectivity index (χ4n) is 2.58. The van der Waals surface area contributed by atoms with Gasteiger partial charge in [-0.05, 0) is 24.3 Å². The molecule has 0 N–H and O–H groups in total. The van der Waals surface area contributed by atoms with Gasteiger partial charge in [0.15, 0.2) is 0 Å². The van der Waals surface area contributed by atoms with E-state index in [1.165, 1.54) is 24.3 Å². The van der Waals surface area contributed by atoms with Gasteiger partial charge < -0.3 is 4.84 Å².